The molecule has 1 unspecified atom stereocenters. The SMILES string of the molecule is CCC1=C(CC)C(C)(c2ccccc2)OC(=O)/C1=C\C(=O)OC. The van der Waals surface area contributed by atoms with Crippen molar-refractivity contribution in [2.24, 2.45) is 0 Å². The maximum absolute atomic E-state index is 12.5. The summed E-state index contributed by atoms with van der Waals surface area (Å²) in [6.45, 7) is 5.91. The van der Waals surface area contributed by atoms with Gasteiger partial charge in [0, 0.05) is 6.08 Å². The van der Waals surface area contributed by atoms with Crippen LogP contribution in [0.3, 0.4) is 0 Å². The van der Waals surface area contributed by atoms with Gasteiger partial charge in [-0.1, -0.05) is 44.2 Å². The zero-order valence-electron chi connectivity index (χ0n) is 14.0. The number of esters is 2. The van der Waals surface area contributed by atoms with Crippen LogP contribution in [0.2, 0.25) is 0 Å². The number of rotatable bonds is 4. The molecule has 0 saturated carbocycles. The second-order valence-corrected chi connectivity index (χ2v) is 5.53. The largest absolute Gasteiger partial charge is 0.466 e. The van der Waals surface area contributed by atoms with Crippen molar-refractivity contribution in [2.75, 3.05) is 7.11 Å². The Hall–Kier alpha value is -2.36. The summed E-state index contributed by atoms with van der Waals surface area (Å²) in [6, 6.07) is 9.67. The van der Waals surface area contributed by atoms with Crippen molar-refractivity contribution >= 4 is 11.9 Å². The molecule has 0 N–H and O–H groups in total. The van der Waals surface area contributed by atoms with Gasteiger partial charge in [-0.05, 0) is 36.5 Å². The van der Waals surface area contributed by atoms with Crippen LogP contribution in [-0.2, 0) is 24.7 Å². The lowest BCUT2D eigenvalue weighted by molar-refractivity contribution is -0.152. The fourth-order valence-electron chi connectivity index (χ4n) is 3.14. The number of carbonyl (C=O) groups is 2. The Labute approximate surface area is 136 Å². The van der Waals surface area contributed by atoms with Crippen LogP contribution in [0.15, 0.2) is 53.1 Å². The van der Waals surface area contributed by atoms with E-state index in [4.69, 9.17) is 4.74 Å². The van der Waals surface area contributed by atoms with Gasteiger partial charge in [0.25, 0.3) is 0 Å². The molecule has 0 spiro atoms. The Balaban J connectivity index is 2.66. The van der Waals surface area contributed by atoms with E-state index in [1.165, 1.54) is 13.2 Å². The van der Waals surface area contributed by atoms with Gasteiger partial charge in [0.15, 0.2) is 5.60 Å². The van der Waals surface area contributed by atoms with Gasteiger partial charge in [-0.2, -0.15) is 0 Å². The number of ether oxygens (including phenoxy) is 2. The van der Waals surface area contributed by atoms with Gasteiger partial charge in [-0.15, -0.1) is 0 Å². The Bertz CT molecular complexity index is 670. The molecule has 0 radical (unpaired) electrons. The normalized spacial score (nSPS) is 23.0. The molecule has 4 heteroatoms. The van der Waals surface area contributed by atoms with Gasteiger partial charge < -0.3 is 9.47 Å². The first kappa shape index (κ1) is 17.0. The number of methoxy groups -OCH3 is 1. The van der Waals surface area contributed by atoms with Gasteiger partial charge in [-0.3, -0.25) is 0 Å². The second-order valence-electron chi connectivity index (χ2n) is 5.53. The van der Waals surface area contributed by atoms with Crippen molar-refractivity contribution in [2.45, 2.75) is 39.2 Å². The Morgan fingerprint density at radius 1 is 1.22 bits per heavy atom. The van der Waals surface area contributed by atoms with Crippen LogP contribution >= 0.6 is 0 Å². The summed E-state index contributed by atoms with van der Waals surface area (Å²) in [4.78, 5) is 24.1. The average Bonchev–Trinajstić information content (AvgIpc) is 2.57. The topological polar surface area (TPSA) is 52.6 Å². The molecule has 0 fully saturated rings. The van der Waals surface area contributed by atoms with Crippen LogP contribution in [0, 0.1) is 0 Å². The Kier molecular flexibility index (Phi) is 5.04. The monoisotopic (exact) mass is 314 g/mol. The first-order valence-corrected chi connectivity index (χ1v) is 7.79. The van der Waals surface area contributed by atoms with E-state index in [-0.39, 0.29) is 0 Å². The number of cyclic esters (lactones) is 1. The zero-order chi connectivity index (χ0) is 17.0. The molecule has 122 valence electrons. The maximum Gasteiger partial charge on any atom is 0.339 e. The van der Waals surface area contributed by atoms with E-state index in [0.717, 1.165) is 23.1 Å². The van der Waals surface area contributed by atoms with Gasteiger partial charge in [0.05, 0.1) is 12.7 Å². The fourth-order valence-corrected chi connectivity index (χ4v) is 3.14. The number of hydrogen-bond donors (Lipinski definition) is 0. The minimum absolute atomic E-state index is 0.296. The van der Waals surface area contributed by atoms with Crippen LogP contribution in [-0.4, -0.2) is 19.0 Å². The lowest BCUT2D eigenvalue weighted by atomic mass is 9.78. The first-order chi connectivity index (χ1) is 11.0. The van der Waals surface area contributed by atoms with Crippen molar-refractivity contribution in [3.8, 4) is 0 Å². The standard InChI is InChI=1S/C19H22O4/c1-5-14-15(12-17(20)22-4)18(21)23-19(3,16(14)6-2)13-10-8-7-9-11-13/h7-12H,5-6H2,1-4H3/b15-12-. The predicted molar refractivity (Wildman–Crippen MR) is 87.6 cm³/mol. The number of hydrogen-bond acceptors (Lipinski definition) is 4. The number of benzene rings is 1. The van der Waals surface area contributed by atoms with Crippen LogP contribution < -0.4 is 0 Å². The predicted octanol–water partition coefficient (Wildman–Crippen LogP) is 3.67. The molecular formula is C19H22O4. The summed E-state index contributed by atoms with van der Waals surface area (Å²) in [6.07, 6.45) is 2.59. The van der Waals surface area contributed by atoms with Gasteiger partial charge in [0.1, 0.15) is 0 Å². The summed E-state index contributed by atoms with van der Waals surface area (Å²) < 4.78 is 10.4. The molecule has 0 aliphatic carbocycles. The first-order valence-electron chi connectivity index (χ1n) is 7.79. The minimum atomic E-state index is -0.814. The molecule has 1 aliphatic rings. The van der Waals surface area contributed by atoms with Gasteiger partial charge >= 0.3 is 11.9 Å². The molecule has 1 aliphatic heterocycles. The lowest BCUT2D eigenvalue weighted by Gasteiger charge is -2.38. The third kappa shape index (κ3) is 3.07. The van der Waals surface area contributed by atoms with Crippen LogP contribution in [0.4, 0.5) is 0 Å². The molecule has 1 atom stereocenters. The highest BCUT2D eigenvalue weighted by molar-refractivity contribution is 6.01. The zero-order valence-corrected chi connectivity index (χ0v) is 14.0. The molecule has 0 bridgehead atoms. The van der Waals surface area contributed by atoms with E-state index in [1.54, 1.807) is 0 Å². The van der Waals surface area contributed by atoms with E-state index >= 15 is 0 Å². The molecule has 1 aromatic rings. The minimum Gasteiger partial charge on any atom is -0.466 e. The smallest absolute Gasteiger partial charge is 0.339 e. The summed E-state index contributed by atoms with van der Waals surface area (Å²) in [7, 11) is 1.29. The van der Waals surface area contributed by atoms with Crippen LogP contribution in [0.25, 0.3) is 0 Å². The molecule has 0 amide bonds. The molecule has 1 heterocycles. The van der Waals surface area contributed by atoms with Crippen molar-refractivity contribution in [1.82, 2.24) is 0 Å². The third-order valence-corrected chi connectivity index (χ3v) is 4.28. The summed E-state index contributed by atoms with van der Waals surface area (Å²) in [5, 5.41) is 0. The maximum atomic E-state index is 12.5. The second kappa shape index (κ2) is 6.82. The van der Waals surface area contributed by atoms with Crippen molar-refractivity contribution in [3.63, 3.8) is 0 Å². The van der Waals surface area contributed by atoms with Crippen molar-refractivity contribution in [1.29, 1.82) is 0 Å². The van der Waals surface area contributed by atoms with Crippen molar-refractivity contribution < 1.29 is 19.1 Å². The average molecular weight is 314 g/mol. The molecule has 23 heavy (non-hydrogen) atoms. The highest BCUT2D eigenvalue weighted by Crippen LogP contribution is 2.44. The molecular weight excluding hydrogens is 292 g/mol. The lowest BCUT2D eigenvalue weighted by Crippen LogP contribution is -2.37. The molecule has 2 rings (SSSR count). The van der Waals surface area contributed by atoms with Gasteiger partial charge in [-0.25, -0.2) is 9.59 Å². The number of carbonyl (C=O) groups excluding carboxylic acids is 2. The molecule has 4 nitrogen and oxygen atoms in total. The molecule has 0 saturated heterocycles. The third-order valence-electron chi connectivity index (χ3n) is 4.28. The Morgan fingerprint density at radius 3 is 2.39 bits per heavy atom. The van der Waals surface area contributed by atoms with E-state index in [9.17, 15) is 9.59 Å². The Morgan fingerprint density at radius 2 is 1.87 bits per heavy atom. The quantitative estimate of drug-likeness (QED) is 0.628. The van der Waals surface area contributed by atoms with Crippen molar-refractivity contribution in [3.05, 3.63) is 58.7 Å². The highest BCUT2D eigenvalue weighted by atomic mass is 16.6. The van der Waals surface area contributed by atoms with Gasteiger partial charge in [0.2, 0.25) is 0 Å². The summed E-state index contributed by atoms with van der Waals surface area (Å²) >= 11 is 0. The van der Waals surface area contributed by atoms with E-state index < -0.39 is 17.5 Å². The van der Waals surface area contributed by atoms with E-state index in [0.29, 0.717) is 12.0 Å². The van der Waals surface area contributed by atoms with E-state index in [1.807, 2.05) is 51.1 Å². The van der Waals surface area contributed by atoms with E-state index in [2.05, 4.69) is 4.74 Å². The van der Waals surface area contributed by atoms with Crippen LogP contribution in [0.5, 0.6) is 0 Å². The summed E-state index contributed by atoms with van der Waals surface area (Å²) in [5.74, 6) is -1.04. The summed E-state index contributed by atoms with van der Waals surface area (Å²) in [5.41, 5.74) is 2.28. The molecule has 1 aromatic carbocycles. The highest BCUT2D eigenvalue weighted by Gasteiger charge is 2.42. The van der Waals surface area contributed by atoms with Crippen LogP contribution in [0.1, 0.15) is 39.2 Å². The molecule has 0 aromatic heterocycles. The fraction of sp³-hybridized carbons (Fsp3) is 0.368.